The van der Waals surface area contributed by atoms with Crippen LogP contribution in [0, 0.1) is 13.8 Å². The van der Waals surface area contributed by atoms with Gasteiger partial charge in [0.2, 0.25) is 0 Å². The Kier molecular flexibility index (Phi) is 5.61. The molecule has 0 fully saturated rings. The highest BCUT2D eigenvalue weighted by Gasteiger charge is 2.22. The zero-order valence-corrected chi connectivity index (χ0v) is 15.7. The number of hydrogen-bond acceptors (Lipinski definition) is 5. The van der Waals surface area contributed by atoms with Crippen LogP contribution in [-0.2, 0) is 24.9 Å². The molecular formula is C17H25N5O3. The summed E-state index contributed by atoms with van der Waals surface area (Å²) in [5.74, 6) is -0.746. The molecule has 136 valence electrons. The molecule has 1 amide bonds. The molecule has 0 bridgehead atoms. The van der Waals surface area contributed by atoms with Gasteiger partial charge in [-0.2, -0.15) is 10.2 Å². The second kappa shape index (κ2) is 7.50. The van der Waals surface area contributed by atoms with E-state index in [0.717, 1.165) is 23.5 Å². The van der Waals surface area contributed by atoms with Gasteiger partial charge in [-0.3, -0.25) is 14.2 Å². The van der Waals surface area contributed by atoms with Gasteiger partial charge in [0, 0.05) is 44.5 Å². The average Bonchev–Trinajstić information content (AvgIpc) is 3.09. The smallest absolute Gasteiger partial charge is 0.356 e. The molecule has 0 aliphatic carbocycles. The number of rotatable bonds is 6. The van der Waals surface area contributed by atoms with Gasteiger partial charge in [0.25, 0.3) is 5.91 Å². The summed E-state index contributed by atoms with van der Waals surface area (Å²) in [5.41, 5.74) is 3.45. The first-order valence-corrected chi connectivity index (χ1v) is 8.29. The standard InChI is InChI=1S/C17H25N5O3/c1-7-22-12(4)13(11(3)18-22)10-20(5)16(23)14-9-15(21(6)19-14)17(24)25-8-2/h9H,7-8,10H2,1-6H3. The van der Waals surface area contributed by atoms with Gasteiger partial charge >= 0.3 is 5.97 Å². The molecule has 2 aromatic heterocycles. The van der Waals surface area contributed by atoms with E-state index < -0.39 is 5.97 Å². The van der Waals surface area contributed by atoms with Crippen LogP contribution in [0.1, 0.15) is 51.8 Å². The summed E-state index contributed by atoms with van der Waals surface area (Å²) in [5, 5.41) is 8.62. The molecule has 0 aliphatic rings. The molecule has 0 spiro atoms. The first-order valence-electron chi connectivity index (χ1n) is 8.29. The third kappa shape index (κ3) is 3.72. The van der Waals surface area contributed by atoms with Crippen LogP contribution in [0.25, 0.3) is 0 Å². The van der Waals surface area contributed by atoms with Gasteiger partial charge in [-0.15, -0.1) is 0 Å². The fraction of sp³-hybridized carbons (Fsp3) is 0.529. The number of amides is 1. The molecule has 8 heteroatoms. The van der Waals surface area contributed by atoms with Gasteiger partial charge in [-0.05, 0) is 27.7 Å². The van der Waals surface area contributed by atoms with Crippen LogP contribution >= 0.6 is 0 Å². The Morgan fingerprint density at radius 1 is 1.24 bits per heavy atom. The highest BCUT2D eigenvalue weighted by molar-refractivity contribution is 5.95. The number of ether oxygens (including phenoxy) is 1. The van der Waals surface area contributed by atoms with Crippen molar-refractivity contribution >= 4 is 11.9 Å². The van der Waals surface area contributed by atoms with Gasteiger partial charge < -0.3 is 9.64 Å². The lowest BCUT2D eigenvalue weighted by Crippen LogP contribution is -2.27. The Morgan fingerprint density at radius 3 is 2.48 bits per heavy atom. The van der Waals surface area contributed by atoms with Crippen molar-refractivity contribution in [3.63, 3.8) is 0 Å². The highest BCUT2D eigenvalue weighted by atomic mass is 16.5. The van der Waals surface area contributed by atoms with E-state index >= 15 is 0 Å². The van der Waals surface area contributed by atoms with Gasteiger partial charge in [0.05, 0.1) is 12.3 Å². The maximum absolute atomic E-state index is 12.7. The van der Waals surface area contributed by atoms with E-state index in [4.69, 9.17) is 4.74 Å². The van der Waals surface area contributed by atoms with Crippen molar-refractivity contribution in [3.05, 3.63) is 34.4 Å². The molecular weight excluding hydrogens is 322 g/mol. The zero-order chi connectivity index (χ0) is 18.7. The van der Waals surface area contributed by atoms with Gasteiger partial charge in [0.15, 0.2) is 5.69 Å². The summed E-state index contributed by atoms with van der Waals surface area (Å²) in [4.78, 5) is 26.1. The number of aromatic nitrogens is 4. The van der Waals surface area contributed by atoms with Crippen molar-refractivity contribution in [3.8, 4) is 0 Å². The SMILES string of the molecule is CCOC(=O)c1cc(C(=O)N(C)Cc2c(C)nn(CC)c2C)nn1C. The van der Waals surface area contributed by atoms with Crippen LogP contribution in [0.5, 0.6) is 0 Å². The Balaban J connectivity index is 2.19. The van der Waals surface area contributed by atoms with Crippen LogP contribution in [0.2, 0.25) is 0 Å². The van der Waals surface area contributed by atoms with Crippen molar-refractivity contribution in [1.29, 1.82) is 0 Å². The van der Waals surface area contributed by atoms with Crippen LogP contribution in [0.4, 0.5) is 0 Å². The predicted octanol–water partition coefficient (Wildman–Crippen LogP) is 1.70. The fourth-order valence-corrected chi connectivity index (χ4v) is 2.74. The summed E-state index contributed by atoms with van der Waals surface area (Å²) in [6, 6.07) is 1.46. The van der Waals surface area contributed by atoms with E-state index in [2.05, 4.69) is 10.2 Å². The maximum Gasteiger partial charge on any atom is 0.356 e. The van der Waals surface area contributed by atoms with Gasteiger partial charge in [-0.1, -0.05) is 0 Å². The predicted molar refractivity (Wildman–Crippen MR) is 92.3 cm³/mol. The molecule has 0 unspecified atom stereocenters. The van der Waals surface area contributed by atoms with Crippen molar-refractivity contribution in [2.45, 2.75) is 40.8 Å². The lowest BCUT2D eigenvalue weighted by molar-refractivity contribution is 0.0513. The van der Waals surface area contributed by atoms with Crippen molar-refractivity contribution in [2.24, 2.45) is 7.05 Å². The molecule has 0 saturated heterocycles. The normalized spacial score (nSPS) is 10.8. The van der Waals surface area contributed by atoms with Crippen LogP contribution in [0.15, 0.2) is 6.07 Å². The molecule has 0 N–H and O–H groups in total. The number of aryl methyl sites for hydroxylation is 3. The van der Waals surface area contributed by atoms with E-state index in [1.807, 2.05) is 25.5 Å². The van der Waals surface area contributed by atoms with E-state index in [0.29, 0.717) is 6.54 Å². The lowest BCUT2D eigenvalue weighted by atomic mass is 10.2. The molecule has 0 atom stereocenters. The summed E-state index contributed by atoms with van der Waals surface area (Å²) < 4.78 is 8.25. The second-order valence-electron chi connectivity index (χ2n) is 5.89. The Hall–Kier alpha value is -2.64. The third-order valence-corrected chi connectivity index (χ3v) is 4.16. The number of hydrogen-bond donors (Lipinski definition) is 0. The van der Waals surface area contributed by atoms with Gasteiger partial charge in [-0.25, -0.2) is 4.79 Å². The number of carbonyl (C=O) groups is 2. The molecule has 0 aromatic carbocycles. The van der Waals surface area contributed by atoms with Gasteiger partial charge in [0.1, 0.15) is 5.69 Å². The zero-order valence-electron chi connectivity index (χ0n) is 15.7. The average molecular weight is 347 g/mol. The molecule has 2 aromatic rings. The molecule has 0 saturated carbocycles. The molecule has 8 nitrogen and oxygen atoms in total. The summed E-state index contributed by atoms with van der Waals surface area (Å²) in [6.45, 7) is 9.18. The van der Waals surface area contributed by atoms with Crippen LogP contribution in [-0.4, -0.2) is 50.0 Å². The Labute approximate surface area is 147 Å². The quantitative estimate of drug-likeness (QED) is 0.743. The van der Waals surface area contributed by atoms with Crippen LogP contribution < -0.4 is 0 Å². The minimum Gasteiger partial charge on any atom is -0.461 e. The molecule has 0 radical (unpaired) electrons. The highest BCUT2D eigenvalue weighted by Crippen LogP contribution is 2.16. The number of nitrogens with zero attached hydrogens (tertiary/aromatic N) is 5. The van der Waals surface area contributed by atoms with E-state index in [1.165, 1.54) is 10.7 Å². The minimum absolute atomic E-state index is 0.214. The minimum atomic E-state index is -0.491. The third-order valence-electron chi connectivity index (χ3n) is 4.16. The molecule has 2 rings (SSSR count). The van der Waals surface area contributed by atoms with Crippen molar-refractivity contribution in [1.82, 2.24) is 24.5 Å². The van der Waals surface area contributed by atoms with Crippen molar-refractivity contribution in [2.75, 3.05) is 13.7 Å². The summed E-state index contributed by atoms with van der Waals surface area (Å²) >= 11 is 0. The largest absolute Gasteiger partial charge is 0.461 e. The lowest BCUT2D eigenvalue weighted by Gasteiger charge is -2.16. The molecule has 25 heavy (non-hydrogen) atoms. The molecule has 2 heterocycles. The Morgan fingerprint density at radius 2 is 1.92 bits per heavy atom. The monoisotopic (exact) mass is 347 g/mol. The summed E-state index contributed by atoms with van der Waals surface area (Å²) in [7, 11) is 3.33. The fourth-order valence-electron chi connectivity index (χ4n) is 2.74. The van der Waals surface area contributed by atoms with Crippen molar-refractivity contribution < 1.29 is 14.3 Å². The van der Waals surface area contributed by atoms with Crippen LogP contribution in [0.3, 0.4) is 0 Å². The first-order chi connectivity index (χ1) is 11.8. The van der Waals surface area contributed by atoms with E-state index in [1.54, 1.807) is 25.9 Å². The molecule has 0 aliphatic heterocycles. The number of esters is 1. The summed E-state index contributed by atoms with van der Waals surface area (Å²) in [6.07, 6.45) is 0. The van der Waals surface area contributed by atoms with E-state index in [-0.39, 0.29) is 23.9 Å². The van der Waals surface area contributed by atoms with E-state index in [9.17, 15) is 9.59 Å². The number of carbonyl (C=O) groups excluding carboxylic acids is 2. The Bertz CT molecular complexity index is 791. The maximum atomic E-state index is 12.7. The first kappa shape index (κ1) is 18.7. The topological polar surface area (TPSA) is 82.2 Å². The second-order valence-corrected chi connectivity index (χ2v) is 5.89.